The highest BCUT2D eigenvalue weighted by molar-refractivity contribution is 7.80. The minimum Gasteiger partial charge on any atom is -0.376 e. The maximum atomic E-state index is 5.96. The molecule has 160 valence electrons. The number of nitrogens with zero attached hydrogens (tertiary/aromatic N) is 4. The third-order valence-electron chi connectivity index (χ3n) is 6.32. The number of ether oxygens (including phenoxy) is 1. The standard InChI is InChI=1S/C24H27N5OS/c1-16-13-20(17(2)29(16)18-7-5-10-25-14-18)23-22(21-9-3-4-11-26-21)27-24(31)28(23)15-19-8-6-12-30-19/h3-5,7,9-11,13-14,19,22-23H,6,8,12,15H2,1-2H3,(H,27,31)/t19-,22-,23-/m0/s1. The van der Waals surface area contributed by atoms with E-state index in [4.69, 9.17) is 17.0 Å². The van der Waals surface area contributed by atoms with E-state index in [1.54, 1.807) is 6.20 Å². The van der Waals surface area contributed by atoms with Crippen LogP contribution in [0, 0.1) is 13.8 Å². The molecular formula is C24H27N5OS. The number of pyridine rings is 2. The third kappa shape index (κ3) is 3.72. The molecule has 0 aromatic carbocycles. The number of hydrogen-bond donors (Lipinski definition) is 1. The normalized spacial score (nSPS) is 23.4. The van der Waals surface area contributed by atoms with Gasteiger partial charge in [-0.3, -0.25) is 9.97 Å². The van der Waals surface area contributed by atoms with Crippen molar-refractivity contribution in [3.05, 3.63) is 77.6 Å². The molecule has 0 bridgehead atoms. The number of rotatable bonds is 5. The van der Waals surface area contributed by atoms with E-state index in [0.717, 1.165) is 42.5 Å². The van der Waals surface area contributed by atoms with Gasteiger partial charge in [0.25, 0.3) is 0 Å². The first kappa shape index (κ1) is 20.2. The summed E-state index contributed by atoms with van der Waals surface area (Å²) in [4.78, 5) is 11.3. The van der Waals surface area contributed by atoms with E-state index in [2.05, 4.69) is 56.8 Å². The fourth-order valence-electron chi connectivity index (χ4n) is 4.92. The predicted octanol–water partition coefficient (Wildman–Crippen LogP) is 4.04. The van der Waals surface area contributed by atoms with Crippen molar-refractivity contribution in [2.75, 3.05) is 13.2 Å². The van der Waals surface area contributed by atoms with Crippen LogP contribution in [0.1, 0.15) is 47.6 Å². The molecular weight excluding hydrogens is 406 g/mol. The molecule has 3 aromatic rings. The number of nitrogens with one attached hydrogen (secondary N) is 1. The zero-order valence-electron chi connectivity index (χ0n) is 17.9. The second kappa shape index (κ2) is 8.40. The van der Waals surface area contributed by atoms with E-state index in [-0.39, 0.29) is 18.2 Å². The molecule has 1 N–H and O–H groups in total. The monoisotopic (exact) mass is 433 g/mol. The maximum Gasteiger partial charge on any atom is 0.170 e. The van der Waals surface area contributed by atoms with Crippen LogP contribution < -0.4 is 5.32 Å². The van der Waals surface area contributed by atoms with Crippen LogP contribution in [0.5, 0.6) is 0 Å². The molecule has 0 spiro atoms. The van der Waals surface area contributed by atoms with Crippen LogP contribution in [0.25, 0.3) is 5.69 Å². The zero-order valence-corrected chi connectivity index (χ0v) is 18.7. The van der Waals surface area contributed by atoms with Gasteiger partial charge in [-0.05, 0) is 74.8 Å². The molecule has 3 aromatic heterocycles. The largest absolute Gasteiger partial charge is 0.376 e. The van der Waals surface area contributed by atoms with Crippen molar-refractivity contribution in [3.8, 4) is 5.69 Å². The average Bonchev–Trinajstić information content (AvgIpc) is 3.49. The highest BCUT2D eigenvalue weighted by Gasteiger charge is 2.42. The lowest BCUT2D eigenvalue weighted by Crippen LogP contribution is -2.36. The lowest BCUT2D eigenvalue weighted by atomic mass is 9.96. The maximum absolute atomic E-state index is 5.96. The van der Waals surface area contributed by atoms with Crippen LogP contribution in [0.15, 0.2) is 55.0 Å². The first-order valence-corrected chi connectivity index (χ1v) is 11.2. The first-order valence-electron chi connectivity index (χ1n) is 10.8. The summed E-state index contributed by atoms with van der Waals surface area (Å²) in [7, 11) is 0. The molecule has 0 aliphatic carbocycles. The van der Waals surface area contributed by atoms with Gasteiger partial charge in [-0.2, -0.15) is 0 Å². The Morgan fingerprint density at radius 2 is 2.10 bits per heavy atom. The van der Waals surface area contributed by atoms with E-state index >= 15 is 0 Å². The minimum atomic E-state index is -0.0158. The van der Waals surface area contributed by atoms with Crippen molar-refractivity contribution in [1.29, 1.82) is 0 Å². The third-order valence-corrected chi connectivity index (χ3v) is 6.67. The Labute approximate surface area is 188 Å². The highest BCUT2D eigenvalue weighted by atomic mass is 32.1. The van der Waals surface area contributed by atoms with Crippen LogP contribution in [0.2, 0.25) is 0 Å². The van der Waals surface area contributed by atoms with Crippen molar-refractivity contribution in [3.63, 3.8) is 0 Å². The molecule has 31 heavy (non-hydrogen) atoms. The lowest BCUT2D eigenvalue weighted by molar-refractivity contribution is 0.0842. The molecule has 3 atom stereocenters. The molecule has 7 heteroatoms. The van der Waals surface area contributed by atoms with E-state index in [0.29, 0.717) is 0 Å². The van der Waals surface area contributed by atoms with Gasteiger partial charge >= 0.3 is 0 Å². The zero-order chi connectivity index (χ0) is 21.4. The van der Waals surface area contributed by atoms with Gasteiger partial charge in [-0.1, -0.05) is 6.07 Å². The number of aromatic nitrogens is 3. The van der Waals surface area contributed by atoms with Crippen LogP contribution in [0.3, 0.4) is 0 Å². The van der Waals surface area contributed by atoms with Crippen molar-refractivity contribution in [1.82, 2.24) is 24.8 Å². The summed E-state index contributed by atoms with van der Waals surface area (Å²) in [6.07, 6.45) is 7.96. The van der Waals surface area contributed by atoms with Crippen molar-refractivity contribution in [2.24, 2.45) is 0 Å². The van der Waals surface area contributed by atoms with Gasteiger partial charge in [0.05, 0.1) is 35.8 Å². The van der Waals surface area contributed by atoms with E-state index in [9.17, 15) is 0 Å². The van der Waals surface area contributed by atoms with Gasteiger partial charge < -0.3 is 19.5 Å². The summed E-state index contributed by atoms with van der Waals surface area (Å²) in [5.41, 5.74) is 5.69. The second-order valence-electron chi connectivity index (χ2n) is 8.29. The summed E-state index contributed by atoms with van der Waals surface area (Å²) < 4.78 is 8.23. The molecule has 0 unspecified atom stereocenters. The SMILES string of the molecule is Cc1cc([C@H]2[C@H](c3ccccn3)NC(=S)N2C[C@@H]2CCCO2)c(C)n1-c1cccnc1. The highest BCUT2D eigenvalue weighted by Crippen LogP contribution is 2.41. The summed E-state index contributed by atoms with van der Waals surface area (Å²) in [5.74, 6) is 0. The quantitative estimate of drug-likeness (QED) is 0.613. The van der Waals surface area contributed by atoms with Gasteiger partial charge in [0.15, 0.2) is 5.11 Å². The number of thiocarbonyl (C=S) groups is 1. The van der Waals surface area contributed by atoms with E-state index in [1.807, 2.05) is 30.6 Å². The lowest BCUT2D eigenvalue weighted by Gasteiger charge is -2.30. The molecule has 6 nitrogen and oxygen atoms in total. The fraction of sp³-hybridized carbons (Fsp3) is 0.375. The van der Waals surface area contributed by atoms with Crippen molar-refractivity contribution < 1.29 is 4.74 Å². The Hall–Kier alpha value is -2.77. The van der Waals surface area contributed by atoms with Gasteiger partial charge in [-0.15, -0.1) is 0 Å². The predicted molar refractivity (Wildman–Crippen MR) is 124 cm³/mol. The van der Waals surface area contributed by atoms with Gasteiger partial charge in [0.1, 0.15) is 0 Å². The van der Waals surface area contributed by atoms with Crippen LogP contribution in [-0.2, 0) is 4.74 Å². The number of aryl methyl sites for hydroxylation is 1. The van der Waals surface area contributed by atoms with Crippen molar-refractivity contribution >= 4 is 17.3 Å². The topological polar surface area (TPSA) is 55.2 Å². The van der Waals surface area contributed by atoms with Crippen LogP contribution in [-0.4, -0.2) is 43.8 Å². The average molecular weight is 434 g/mol. The molecule has 2 fully saturated rings. The molecule has 5 rings (SSSR count). The molecule has 0 saturated carbocycles. The molecule has 2 aliphatic rings. The second-order valence-corrected chi connectivity index (χ2v) is 8.67. The minimum absolute atomic E-state index is 0.0158. The molecule has 2 saturated heterocycles. The first-order chi connectivity index (χ1) is 15.1. The summed E-state index contributed by atoms with van der Waals surface area (Å²) in [6, 6.07) is 12.4. The Bertz CT molecular complexity index is 1060. The smallest absolute Gasteiger partial charge is 0.170 e. The fourth-order valence-corrected chi connectivity index (χ4v) is 5.23. The Kier molecular flexibility index (Phi) is 5.46. The Morgan fingerprint density at radius 3 is 2.81 bits per heavy atom. The Balaban J connectivity index is 1.59. The van der Waals surface area contributed by atoms with Crippen LogP contribution in [0.4, 0.5) is 0 Å². The van der Waals surface area contributed by atoms with E-state index < -0.39 is 0 Å². The summed E-state index contributed by atoms with van der Waals surface area (Å²) in [5, 5.41) is 4.32. The molecule has 2 aliphatic heterocycles. The van der Waals surface area contributed by atoms with Gasteiger partial charge in [0, 0.05) is 36.9 Å². The Morgan fingerprint density at radius 1 is 1.19 bits per heavy atom. The van der Waals surface area contributed by atoms with Gasteiger partial charge in [0.2, 0.25) is 0 Å². The molecule has 0 amide bonds. The van der Waals surface area contributed by atoms with Crippen LogP contribution >= 0.6 is 12.2 Å². The molecule has 0 radical (unpaired) electrons. The number of hydrogen-bond acceptors (Lipinski definition) is 4. The summed E-state index contributed by atoms with van der Waals surface area (Å²) in [6.45, 7) is 5.94. The van der Waals surface area contributed by atoms with Gasteiger partial charge in [-0.25, -0.2) is 0 Å². The summed E-state index contributed by atoms with van der Waals surface area (Å²) >= 11 is 5.82. The molecule has 5 heterocycles. The van der Waals surface area contributed by atoms with E-state index in [1.165, 1.54) is 17.0 Å². The van der Waals surface area contributed by atoms with Crippen molar-refractivity contribution in [2.45, 2.75) is 44.9 Å².